The van der Waals surface area contributed by atoms with E-state index in [0.29, 0.717) is 35.9 Å². The van der Waals surface area contributed by atoms with Gasteiger partial charge < -0.3 is 5.32 Å². The number of rotatable bonds is 4. The molecule has 0 radical (unpaired) electrons. The number of nitrogens with one attached hydrogen (secondary N) is 2. The first-order valence-corrected chi connectivity index (χ1v) is 8.36. The van der Waals surface area contributed by atoms with Crippen molar-refractivity contribution in [1.82, 2.24) is 24.9 Å². The second kappa shape index (κ2) is 6.93. The second-order valence-electron chi connectivity index (χ2n) is 6.26. The molecule has 7 nitrogen and oxygen atoms in total. The molecule has 2 heterocycles. The lowest BCUT2D eigenvalue weighted by molar-refractivity contribution is -0.121. The Morgan fingerprint density at radius 1 is 1.35 bits per heavy atom. The van der Waals surface area contributed by atoms with E-state index in [4.69, 9.17) is 0 Å². The van der Waals surface area contributed by atoms with Crippen molar-refractivity contribution in [3.63, 3.8) is 0 Å². The molecule has 1 aliphatic rings. The van der Waals surface area contributed by atoms with Gasteiger partial charge in [0.15, 0.2) is 0 Å². The fourth-order valence-corrected chi connectivity index (χ4v) is 3.25. The molecule has 2 N–H and O–H groups in total. The van der Waals surface area contributed by atoms with Crippen LogP contribution in [0.4, 0.5) is 0 Å². The summed E-state index contributed by atoms with van der Waals surface area (Å²) in [5.41, 5.74) is 1.04. The number of amides is 1. The lowest BCUT2D eigenvalue weighted by atomic mass is 10.1. The molecule has 7 heteroatoms. The Labute approximate surface area is 134 Å². The number of hydrogen-bond acceptors (Lipinski definition) is 4. The molecule has 0 aliphatic heterocycles. The van der Waals surface area contributed by atoms with Crippen molar-refractivity contribution < 1.29 is 4.79 Å². The summed E-state index contributed by atoms with van der Waals surface area (Å²) in [5.74, 6) is 0.379. The maximum Gasteiger partial charge on any atom is 0.277 e. The van der Waals surface area contributed by atoms with Gasteiger partial charge >= 0.3 is 0 Å². The van der Waals surface area contributed by atoms with Gasteiger partial charge in [0.25, 0.3) is 11.3 Å². The quantitative estimate of drug-likeness (QED) is 0.836. The summed E-state index contributed by atoms with van der Waals surface area (Å²) in [5, 5.41) is 5.86. The molecule has 1 aliphatic carbocycles. The van der Waals surface area contributed by atoms with E-state index in [1.807, 2.05) is 0 Å². The molecule has 2 aromatic heterocycles. The molecule has 1 amide bonds. The summed E-state index contributed by atoms with van der Waals surface area (Å²) in [4.78, 5) is 32.8. The number of carbonyl (C=O) groups excluding carboxylic acids is 1. The van der Waals surface area contributed by atoms with Crippen LogP contribution in [-0.2, 0) is 11.2 Å². The number of fused-ring (bicyclic) bond motifs is 1. The first-order chi connectivity index (χ1) is 11.1. The van der Waals surface area contributed by atoms with E-state index < -0.39 is 0 Å². The van der Waals surface area contributed by atoms with Gasteiger partial charge in [-0.05, 0) is 26.2 Å². The van der Waals surface area contributed by atoms with Gasteiger partial charge in [0, 0.05) is 18.0 Å². The molecule has 3 rings (SSSR count). The highest BCUT2D eigenvalue weighted by Crippen LogP contribution is 2.17. The SMILES string of the molecule is Cc1nc2nc[nH]n2c(=O)c1CCC(=O)NC1CCCCCC1. The van der Waals surface area contributed by atoms with Crippen molar-refractivity contribution in [2.45, 2.75) is 64.3 Å². The summed E-state index contributed by atoms with van der Waals surface area (Å²) in [6, 6.07) is 0.292. The van der Waals surface area contributed by atoms with Crippen LogP contribution in [0, 0.1) is 6.92 Å². The average molecular weight is 317 g/mol. The van der Waals surface area contributed by atoms with E-state index in [1.165, 1.54) is 36.5 Å². The van der Waals surface area contributed by atoms with Crippen molar-refractivity contribution in [2.24, 2.45) is 0 Å². The molecule has 124 valence electrons. The average Bonchev–Trinajstić information content (AvgIpc) is 2.83. The molecular weight excluding hydrogens is 294 g/mol. The zero-order valence-corrected chi connectivity index (χ0v) is 13.5. The maximum absolute atomic E-state index is 12.4. The van der Waals surface area contributed by atoms with Gasteiger partial charge in [-0.15, -0.1) is 0 Å². The van der Waals surface area contributed by atoms with Gasteiger partial charge in [0.1, 0.15) is 6.33 Å². The monoisotopic (exact) mass is 317 g/mol. The second-order valence-corrected chi connectivity index (χ2v) is 6.26. The summed E-state index contributed by atoms with van der Waals surface area (Å²) >= 11 is 0. The van der Waals surface area contributed by atoms with Gasteiger partial charge in [0.2, 0.25) is 5.91 Å². The Morgan fingerprint density at radius 2 is 2.09 bits per heavy atom. The van der Waals surface area contributed by atoms with Crippen molar-refractivity contribution in [3.8, 4) is 0 Å². The minimum absolute atomic E-state index is 0.0189. The van der Waals surface area contributed by atoms with E-state index in [-0.39, 0.29) is 11.5 Å². The lowest BCUT2D eigenvalue weighted by Crippen LogP contribution is -2.35. The minimum Gasteiger partial charge on any atom is -0.353 e. The van der Waals surface area contributed by atoms with Crippen LogP contribution in [0.15, 0.2) is 11.1 Å². The van der Waals surface area contributed by atoms with Crippen LogP contribution >= 0.6 is 0 Å². The number of carbonyl (C=O) groups is 1. The van der Waals surface area contributed by atoms with E-state index in [1.54, 1.807) is 6.92 Å². The Balaban J connectivity index is 1.63. The molecule has 0 spiro atoms. The third-order valence-electron chi connectivity index (χ3n) is 4.55. The Morgan fingerprint density at radius 3 is 2.83 bits per heavy atom. The highest BCUT2D eigenvalue weighted by molar-refractivity contribution is 5.76. The Kier molecular flexibility index (Phi) is 4.73. The Bertz CT molecular complexity index is 740. The number of aromatic nitrogens is 4. The van der Waals surface area contributed by atoms with Crippen LogP contribution in [0.1, 0.15) is 56.2 Å². The van der Waals surface area contributed by atoms with Gasteiger partial charge in [-0.3, -0.25) is 14.7 Å². The van der Waals surface area contributed by atoms with Crippen LogP contribution in [0.5, 0.6) is 0 Å². The van der Waals surface area contributed by atoms with Crippen LogP contribution < -0.4 is 10.9 Å². The third-order valence-corrected chi connectivity index (χ3v) is 4.55. The van der Waals surface area contributed by atoms with E-state index in [2.05, 4.69) is 20.4 Å². The molecule has 1 fully saturated rings. The summed E-state index contributed by atoms with van der Waals surface area (Å²) < 4.78 is 1.31. The molecule has 1 saturated carbocycles. The molecule has 0 bridgehead atoms. The number of nitrogens with zero attached hydrogens (tertiary/aromatic N) is 3. The number of aryl methyl sites for hydroxylation is 1. The highest BCUT2D eigenvalue weighted by Gasteiger charge is 2.16. The predicted octanol–water partition coefficient (Wildman–Crippen LogP) is 1.50. The largest absolute Gasteiger partial charge is 0.353 e. The summed E-state index contributed by atoms with van der Waals surface area (Å²) in [6.45, 7) is 1.79. The zero-order chi connectivity index (χ0) is 16.2. The normalized spacial score (nSPS) is 16.4. The van der Waals surface area contributed by atoms with Crippen LogP contribution in [0.2, 0.25) is 0 Å². The molecule has 0 aromatic carbocycles. The molecule has 0 saturated heterocycles. The fraction of sp³-hybridized carbons (Fsp3) is 0.625. The van der Waals surface area contributed by atoms with Crippen LogP contribution in [0.3, 0.4) is 0 Å². The molecule has 2 aromatic rings. The smallest absolute Gasteiger partial charge is 0.277 e. The minimum atomic E-state index is -0.174. The first-order valence-electron chi connectivity index (χ1n) is 8.36. The Hall–Kier alpha value is -2.18. The van der Waals surface area contributed by atoms with Gasteiger partial charge in [0.05, 0.1) is 5.69 Å². The highest BCUT2D eigenvalue weighted by atomic mass is 16.1. The fourth-order valence-electron chi connectivity index (χ4n) is 3.25. The van der Waals surface area contributed by atoms with Crippen LogP contribution in [-0.4, -0.2) is 31.5 Å². The van der Waals surface area contributed by atoms with E-state index in [0.717, 1.165) is 12.8 Å². The number of H-pyrrole nitrogens is 1. The zero-order valence-electron chi connectivity index (χ0n) is 13.5. The topological polar surface area (TPSA) is 92.2 Å². The number of aromatic amines is 1. The van der Waals surface area contributed by atoms with Gasteiger partial charge in [-0.2, -0.15) is 4.52 Å². The first kappa shape index (κ1) is 15.7. The van der Waals surface area contributed by atoms with Crippen molar-refractivity contribution >= 4 is 11.7 Å². The number of hydrogen-bond donors (Lipinski definition) is 2. The van der Waals surface area contributed by atoms with Gasteiger partial charge in [-0.1, -0.05) is 25.7 Å². The molecular formula is C16H23N5O2. The third kappa shape index (κ3) is 3.60. The van der Waals surface area contributed by atoms with Crippen molar-refractivity contribution in [3.05, 3.63) is 27.9 Å². The lowest BCUT2D eigenvalue weighted by Gasteiger charge is -2.16. The van der Waals surface area contributed by atoms with Crippen molar-refractivity contribution in [2.75, 3.05) is 0 Å². The summed E-state index contributed by atoms with van der Waals surface area (Å²) in [6.07, 6.45) is 9.18. The predicted molar refractivity (Wildman–Crippen MR) is 86.3 cm³/mol. The molecule has 0 unspecified atom stereocenters. The van der Waals surface area contributed by atoms with Gasteiger partial charge in [-0.25, -0.2) is 9.97 Å². The molecule has 0 atom stereocenters. The molecule has 23 heavy (non-hydrogen) atoms. The summed E-state index contributed by atoms with van der Waals surface area (Å²) in [7, 11) is 0. The van der Waals surface area contributed by atoms with Crippen molar-refractivity contribution in [1.29, 1.82) is 0 Å². The maximum atomic E-state index is 12.4. The van der Waals surface area contributed by atoms with E-state index >= 15 is 0 Å². The van der Waals surface area contributed by atoms with Crippen LogP contribution in [0.25, 0.3) is 5.78 Å². The standard InChI is InChI=1S/C16H23N5O2/c1-11-13(15(23)21-16(19-11)17-10-18-21)8-9-14(22)20-12-6-4-2-3-5-7-12/h10,12H,2-9H2,1H3,(H,20,22)(H,17,18,19). The van der Waals surface area contributed by atoms with E-state index in [9.17, 15) is 9.59 Å².